The molecule has 19 heavy (non-hydrogen) atoms. The second kappa shape index (κ2) is 6.68. The average molecular weight is 262 g/mol. The van der Waals surface area contributed by atoms with Gasteiger partial charge in [-0.25, -0.2) is 0 Å². The van der Waals surface area contributed by atoms with Crippen molar-refractivity contribution in [3.05, 3.63) is 35.4 Å². The van der Waals surface area contributed by atoms with E-state index < -0.39 is 0 Å². The SMILES string of the molecule is NC(=O)CC1CCCCN1Cc1ccc(CO)cc1. The molecule has 0 radical (unpaired) electrons. The van der Waals surface area contributed by atoms with E-state index in [9.17, 15) is 4.79 Å². The van der Waals surface area contributed by atoms with Crippen LogP contribution in [-0.2, 0) is 17.9 Å². The molecule has 0 aliphatic carbocycles. The summed E-state index contributed by atoms with van der Waals surface area (Å²) in [6.07, 6.45) is 3.87. The molecule has 0 saturated carbocycles. The Kier molecular flexibility index (Phi) is 4.93. The maximum atomic E-state index is 11.1. The van der Waals surface area contributed by atoms with Gasteiger partial charge in [0.15, 0.2) is 0 Å². The van der Waals surface area contributed by atoms with E-state index in [2.05, 4.69) is 4.90 Å². The monoisotopic (exact) mass is 262 g/mol. The van der Waals surface area contributed by atoms with Gasteiger partial charge in [-0.2, -0.15) is 0 Å². The molecule has 0 bridgehead atoms. The van der Waals surface area contributed by atoms with E-state index in [0.29, 0.717) is 6.42 Å². The second-order valence-corrected chi connectivity index (χ2v) is 5.27. The van der Waals surface area contributed by atoms with E-state index in [-0.39, 0.29) is 18.6 Å². The summed E-state index contributed by atoms with van der Waals surface area (Å²) in [5.74, 6) is -0.215. The topological polar surface area (TPSA) is 66.6 Å². The number of carbonyl (C=O) groups is 1. The molecular formula is C15H22N2O2. The van der Waals surface area contributed by atoms with Gasteiger partial charge in [0.25, 0.3) is 0 Å². The van der Waals surface area contributed by atoms with Crippen molar-refractivity contribution in [1.82, 2.24) is 4.90 Å². The maximum absolute atomic E-state index is 11.1. The number of carbonyl (C=O) groups excluding carboxylic acids is 1. The number of benzene rings is 1. The van der Waals surface area contributed by atoms with Crippen LogP contribution in [0.4, 0.5) is 0 Å². The van der Waals surface area contributed by atoms with Gasteiger partial charge in [0.1, 0.15) is 0 Å². The fraction of sp³-hybridized carbons (Fsp3) is 0.533. The molecule has 1 aliphatic rings. The van der Waals surface area contributed by atoms with E-state index in [1.807, 2.05) is 24.3 Å². The highest BCUT2D eigenvalue weighted by molar-refractivity contribution is 5.74. The van der Waals surface area contributed by atoms with E-state index >= 15 is 0 Å². The summed E-state index contributed by atoms with van der Waals surface area (Å²) in [5, 5.41) is 9.03. The van der Waals surface area contributed by atoms with Gasteiger partial charge in [0.2, 0.25) is 5.91 Å². The second-order valence-electron chi connectivity index (χ2n) is 5.27. The van der Waals surface area contributed by atoms with E-state index in [1.165, 1.54) is 18.4 Å². The van der Waals surface area contributed by atoms with Crippen molar-refractivity contribution in [2.24, 2.45) is 5.73 Å². The van der Waals surface area contributed by atoms with Crippen molar-refractivity contribution in [2.75, 3.05) is 6.54 Å². The fourth-order valence-electron chi connectivity index (χ4n) is 2.72. The minimum Gasteiger partial charge on any atom is -0.392 e. The largest absolute Gasteiger partial charge is 0.392 e. The predicted molar refractivity (Wildman–Crippen MR) is 74.2 cm³/mol. The number of aliphatic hydroxyl groups is 1. The molecule has 4 heteroatoms. The van der Waals surface area contributed by atoms with Crippen LogP contribution in [-0.4, -0.2) is 28.5 Å². The third-order valence-corrected chi connectivity index (χ3v) is 3.78. The van der Waals surface area contributed by atoms with Crippen LogP contribution in [0.25, 0.3) is 0 Å². The molecule has 0 spiro atoms. The fourth-order valence-corrected chi connectivity index (χ4v) is 2.72. The first-order chi connectivity index (χ1) is 9.19. The molecule has 1 aromatic rings. The third kappa shape index (κ3) is 4.04. The number of nitrogens with two attached hydrogens (primary N) is 1. The number of hydrogen-bond acceptors (Lipinski definition) is 3. The molecule has 1 unspecified atom stereocenters. The summed E-state index contributed by atoms with van der Waals surface area (Å²) in [4.78, 5) is 13.5. The van der Waals surface area contributed by atoms with E-state index in [0.717, 1.165) is 25.1 Å². The number of aliphatic hydroxyl groups excluding tert-OH is 1. The summed E-state index contributed by atoms with van der Waals surface area (Å²) in [6.45, 7) is 1.96. The van der Waals surface area contributed by atoms with Crippen LogP contribution in [0.2, 0.25) is 0 Å². The van der Waals surface area contributed by atoms with Gasteiger partial charge in [-0.05, 0) is 30.5 Å². The molecule has 4 nitrogen and oxygen atoms in total. The van der Waals surface area contributed by atoms with Crippen molar-refractivity contribution in [3.63, 3.8) is 0 Å². The van der Waals surface area contributed by atoms with Crippen molar-refractivity contribution in [2.45, 2.75) is 44.9 Å². The van der Waals surface area contributed by atoms with Crippen LogP contribution in [0.5, 0.6) is 0 Å². The first kappa shape index (κ1) is 14.0. The van der Waals surface area contributed by atoms with E-state index in [1.54, 1.807) is 0 Å². The lowest BCUT2D eigenvalue weighted by Crippen LogP contribution is -2.41. The summed E-state index contributed by atoms with van der Waals surface area (Å²) in [5.41, 5.74) is 7.47. The lowest BCUT2D eigenvalue weighted by Gasteiger charge is -2.35. The van der Waals surface area contributed by atoms with Gasteiger partial charge in [-0.1, -0.05) is 30.7 Å². The number of amides is 1. The Morgan fingerprint density at radius 1 is 1.26 bits per heavy atom. The molecule has 1 amide bonds. The minimum atomic E-state index is -0.215. The maximum Gasteiger partial charge on any atom is 0.218 e. The smallest absolute Gasteiger partial charge is 0.218 e. The summed E-state index contributed by atoms with van der Waals surface area (Å²) in [6, 6.07) is 8.26. The molecule has 0 aromatic heterocycles. The van der Waals surface area contributed by atoms with Crippen molar-refractivity contribution in [1.29, 1.82) is 0 Å². The number of piperidine rings is 1. The number of likely N-dealkylation sites (tertiary alicyclic amines) is 1. The van der Waals surface area contributed by atoms with Crippen LogP contribution in [0.1, 0.15) is 36.8 Å². The Hall–Kier alpha value is -1.39. The van der Waals surface area contributed by atoms with Gasteiger partial charge in [-0.3, -0.25) is 9.69 Å². The number of rotatable bonds is 5. The quantitative estimate of drug-likeness (QED) is 0.843. The Morgan fingerprint density at radius 3 is 2.58 bits per heavy atom. The highest BCUT2D eigenvalue weighted by atomic mass is 16.3. The lowest BCUT2D eigenvalue weighted by atomic mass is 9.98. The number of nitrogens with zero attached hydrogens (tertiary/aromatic N) is 1. The molecule has 1 fully saturated rings. The van der Waals surface area contributed by atoms with Crippen LogP contribution in [0.3, 0.4) is 0 Å². The number of primary amides is 1. The van der Waals surface area contributed by atoms with Crippen LogP contribution < -0.4 is 5.73 Å². The van der Waals surface area contributed by atoms with Gasteiger partial charge in [0.05, 0.1) is 6.61 Å². The van der Waals surface area contributed by atoms with Gasteiger partial charge in [-0.15, -0.1) is 0 Å². The Bertz CT molecular complexity index is 417. The standard InChI is InChI=1S/C15H22N2O2/c16-15(19)9-14-3-1-2-8-17(14)10-12-4-6-13(11-18)7-5-12/h4-7,14,18H,1-3,8-11H2,(H2,16,19). The van der Waals surface area contributed by atoms with Gasteiger partial charge in [0, 0.05) is 19.0 Å². The zero-order valence-corrected chi connectivity index (χ0v) is 11.2. The molecule has 1 aromatic carbocycles. The van der Waals surface area contributed by atoms with E-state index in [4.69, 9.17) is 10.8 Å². The summed E-state index contributed by atoms with van der Waals surface area (Å²) >= 11 is 0. The van der Waals surface area contributed by atoms with Gasteiger partial charge < -0.3 is 10.8 Å². The van der Waals surface area contributed by atoms with Crippen molar-refractivity contribution >= 4 is 5.91 Å². The van der Waals surface area contributed by atoms with Crippen molar-refractivity contribution in [3.8, 4) is 0 Å². The molecule has 2 rings (SSSR count). The molecule has 3 N–H and O–H groups in total. The average Bonchev–Trinajstić information content (AvgIpc) is 2.41. The molecular weight excluding hydrogens is 240 g/mol. The predicted octanol–water partition coefficient (Wildman–Crippen LogP) is 1.41. The number of hydrogen-bond donors (Lipinski definition) is 2. The first-order valence-electron chi connectivity index (χ1n) is 6.90. The lowest BCUT2D eigenvalue weighted by molar-refractivity contribution is -0.119. The molecule has 1 aliphatic heterocycles. The summed E-state index contributed by atoms with van der Waals surface area (Å²) < 4.78 is 0. The zero-order valence-electron chi connectivity index (χ0n) is 11.2. The van der Waals surface area contributed by atoms with Crippen LogP contribution in [0, 0.1) is 0 Å². The van der Waals surface area contributed by atoms with Crippen molar-refractivity contribution < 1.29 is 9.90 Å². The van der Waals surface area contributed by atoms with Crippen LogP contribution in [0.15, 0.2) is 24.3 Å². The highest BCUT2D eigenvalue weighted by Crippen LogP contribution is 2.22. The Balaban J connectivity index is 1.99. The first-order valence-corrected chi connectivity index (χ1v) is 6.90. The molecule has 104 valence electrons. The Labute approximate surface area is 114 Å². The zero-order chi connectivity index (χ0) is 13.7. The third-order valence-electron chi connectivity index (χ3n) is 3.78. The molecule has 1 saturated heterocycles. The normalized spacial score (nSPS) is 20.4. The minimum absolute atomic E-state index is 0.0777. The Morgan fingerprint density at radius 2 is 1.95 bits per heavy atom. The molecule has 1 heterocycles. The molecule has 1 atom stereocenters. The highest BCUT2D eigenvalue weighted by Gasteiger charge is 2.23. The van der Waals surface area contributed by atoms with Gasteiger partial charge >= 0.3 is 0 Å². The summed E-state index contributed by atoms with van der Waals surface area (Å²) in [7, 11) is 0. The van der Waals surface area contributed by atoms with Crippen LogP contribution >= 0.6 is 0 Å².